The third kappa shape index (κ3) is 5.28. The van der Waals surface area contributed by atoms with Crippen LogP contribution in [0.25, 0.3) is 0 Å². The number of rotatable bonds is 6. The van der Waals surface area contributed by atoms with Crippen molar-refractivity contribution in [1.82, 2.24) is 10.3 Å². The topological polar surface area (TPSA) is 70.0 Å². The van der Waals surface area contributed by atoms with E-state index in [1.54, 1.807) is 12.1 Å². The zero-order valence-electron chi connectivity index (χ0n) is 13.5. The lowest BCUT2D eigenvalue weighted by atomic mass is 10.1. The normalized spacial score (nSPS) is 10.0. The van der Waals surface area contributed by atoms with Crippen molar-refractivity contribution >= 4 is 34.7 Å². The van der Waals surface area contributed by atoms with Gasteiger partial charge in [0.15, 0.2) is 5.11 Å². The average Bonchev–Trinajstić information content (AvgIpc) is 2.61. The Hall–Kier alpha value is -2.43. The minimum absolute atomic E-state index is 0.274. The molecule has 0 atom stereocenters. The number of nitrogens with zero attached hydrogens (tertiary/aromatic N) is 2. The van der Waals surface area contributed by atoms with E-state index in [4.69, 9.17) is 33.8 Å². The number of pyridine rings is 1. The van der Waals surface area contributed by atoms with Crippen molar-refractivity contribution < 1.29 is 9.13 Å². The standard InChI is InChI=1S/C17H16ClFN4OS/c1-2-24-14-5-4-13(19)12(16(14)18)7-8-21-17(25)23-15-6-3-11(9-20)10-22-15/h3-6,10H,2,7-8H2,1H3,(H2,21,22,23,25). The molecule has 0 fully saturated rings. The Morgan fingerprint density at radius 3 is 2.84 bits per heavy atom. The fourth-order valence-electron chi connectivity index (χ4n) is 2.07. The van der Waals surface area contributed by atoms with Crippen LogP contribution in [0.15, 0.2) is 30.5 Å². The highest BCUT2D eigenvalue weighted by atomic mass is 35.5. The number of aromatic nitrogens is 1. The van der Waals surface area contributed by atoms with Gasteiger partial charge in [0.1, 0.15) is 23.5 Å². The summed E-state index contributed by atoms with van der Waals surface area (Å²) in [4.78, 5) is 4.06. The van der Waals surface area contributed by atoms with Gasteiger partial charge < -0.3 is 15.4 Å². The van der Waals surface area contributed by atoms with Crippen molar-refractivity contribution in [1.29, 1.82) is 5.26 Å². The summed E-state index contributed by atoms with van der Waals surface area (Å²) in [5.74, 6) is 0.588. The lowest BCUT2D eigenvalue weighted by Crippen LogP contribution is -2.30. The molecule has 2 rings (SSSR count). The molecule has 2 N–H and O–H groups in total. The molecule has 1 aromatic heterocycles. The zero-order chi connectivity index (χ0) is 18.2. The summed E-state index contributed by atoms with van der Waals surface area (Å²) >= 11 is 11.4. The molecular formula is C17H16ClFN4OS. The van der Waals surface area contributed by atoms with E-state index >= 15 is 0 Å². The van der Waals surface area contributed by atoms with E-state index < -0.39 is 0 Å². The van der Waals surface area contributed by atoms with Crippen LogP contribution < -0.4 is 15.4 Å². The molecular weight excluding hydrogens is 363 g/mol. The highest BCUT2D eigenvalue weighted by Gasteiger charge is 2.12. The molecule has 0 unspecified atom stereocenters. The first-order valence-corrected chi connectivity index (χ1v) is 8.34. The summed E-state index contributed by atoms with van der Waals surface area (Å²) in [6.45, 7) is 2.67. The molecule has 130 valence electrons. The number of ether oxygens (including phenoxy) is 1. The summed E-state index contributed by atoms with van der Waals surface area (Å²) < 4.78 is 19.3. The van der Waals surface area contributed by atoms with Gasteiger partial charge in [-0.15, -0.1) is 0 Å². The molecule has 0 amide bonds. The average molecular weight is 379 g/mol. The number of nitrogens with one attached hydrogen (secondary N) is 2. The predicted octanol–water partition coefficient (Wildman–Crippen LogP) is 3.67. The van der Waals surface area contributed by atoms with E-state index in [9.17, 15) is 4.39 Å². The van der Waals surface area contributed by atoms with Gasteiger partial charge in [-0.3, -0.25) is 0 Å². The van der Waals surface area contributed by atoms with Crippen molar-refractivity contribution in [2.24, 2.45) is 0 Å². The van der Waals surface area contributed by atoms with Crippen LogP contribution in [0, 0.1) is 17.1 Å². The molecule has 25 heavy (non-hydrogen) atoms. The Kier molecular flexibility index (Phi) is 6.92. The maximum Gasteiger partial charge on any atom is 0.171 e. The number of hydrogen-bond donors (Lipinski definition) is 2. The molecule has 1 aromatic carbocycles. The van der Waals surface area contributed by atoms with Crippen molar-refractivity contribution in [2.45, 2.75) is 13.3 Å². The second kappa shape index (κ2) is 9.16. The minimum Gasteiger partial charge on any atom is -0.492 e. The monoisotopic (exact) mass is 378 g/mol. The van der Waals surface area contributed by atoms with Crippen LogP contribution in [-0.2, 0) is 6.42 Å². The first-order chi connectivity index (χ1) is 12.0. The molecule has 0 aliphatic heterocycles. The number of anilines is 1. The van der Waals surface area contributed by atoms with Gasteiger partial charge >= 0.3 is 0 Å². The van der Waals surface area contributed by atoms with E-state index in [0.717, 1.165) is 0 Å². The summed E-state index contributed by atoms with van der Waals surface area (Å²) in [5, 5.41) is 15.2. The molecule has 0 aliphatic carbocycles. The van der Waals surface area contributed by atoms with Gasteiger partial charge in [0.25, 0.3) is 0 Å². The van der Waals surface area contributed by atoms with Gasteiger partial charge in [-0.2, -0.15) is 5.26 Å². The molecule has 0 saturated heterocycles. The Morgan fingerprint density at radius 2 is 2.20 bits per heavy atom. The van der Waals surface area contributed by atoms with Crippen molar-refractivity contribution in [2.75, 3.05) is 18.5 Å². The lowest BCUT2D eigenvalue weighted by Gasteiger charge is -2.13. The van der Waals surface area contributed by atoms with E-state index in [1.807, 2.05) is 13.0 Å². The zero-order valence-corrected chi connectivity index (χ0v) is 15.0. The summed E-state index contributed by atoms with van der Waals surface area (Å²) in [6, 6.07) is 8.12. The number of hydrogen-bond acceptors (Lipinski definition) is 4. The molecule has 0 spiro atoms. The Balaban J connectivity index is 1.90. The smallest absolute Gasteiger partial charge is 0.171 e. The van der Waals surface area contributed by atoms with Crippen molar-refractivity contribution in [3.63, 3.8) is 0 Å². The second-order valence-corrected chi connectivity index (χ2v) is 5.73. The quantitative estimate of drug-likeness (QED) is 0.747. The summed E-state index contributed by atoms with van der Waals surface area (Å²) in [6.07, 6.45) is 1.79. The molecule has 2 aromatic rings. The van der Waals surface area contributed by atoms with E-state index in [1.165, 1.54) is 18.3 Å². The minimum atomic E-state index is -0.386. The van der Waals surface area contributed by atoms with Gasteiger partial charge in [0.2, 0.25) is 0 Å². The van der Waals surface area contributed by atoms with Crippen LogP contribution in [0.3, 0.4) is 0 Å². The van der Waals surface area contributed by atoms with E-state index in [-0.39, 0.29) is 10.8 Å². The lowest BCUT2D eigenvalue weighted by molar-refractivity contribution is 0.339. The summed E-state index contributed by atoms with van der Waals surface area (Å²) in [5.41, 5.74) is 0.836. The van der Waals surface area contributed by atoms with Gasteiger partial charge in [-0.1, -0.05) is 11.6 Å². The fraction of sp³-hybridized carbons (Fsp3) is 0.235. The molecule has 1 heterocycles. The van der Waals surface area contributed by atoms with Crippen LogP contribution >= 0.6 is 23.8 Å². The largest absolute Gasteiger partial charge is 0.492 e. The molecule has 5 nitrogen and oxygen atoms in total. The molecule has 0 bridgehead atoms. The highest BCUT2D eigenvalue weighted by Crippen LogP contribution is 2.30. The number of benzene rings is 1. The molecule has 0 saturated carbocycles. The van der Waals surface area contributed by atoms with Gasteiger partial charge in [0.05, 0.1) is 17.2 Å². The Bertz CT molecular complexity index is 792. The van der Waals surface area contributed by atoms with Crippen molar-refractivity contribution in [3.8, 4) is 11.8 Å². The number of halogens is 2. The third-order valence-electron chi connectivity index (χ3n) is 3.25. The predicted molar refractivity (Wildman–Crippen MR) is 99.5 cm³/mol. The van der Waals surface area contributed by atoms with E-state index in [0.29, 0.717) is 47.4 Å². The van der Waals surface area contributed by atoms with Gasteiger partial charge in [-0.05, 0) is 49.8 Å². The van der Waals surface area contributed by atoms with Crippen LogP contribution in [-0.4, -0.2) is 23.2 Å². The fourth-order valence-corrected chi connectivity index (χ4v) is 2.58. The van der Waals surface area contributed by atoms with E-state index in [2.05, 4.69) is 15.6 Å². The van der Waals surface area contributed by atoms with Crippen LogP contribution in [0.1, 0.15) is 18.1 Å². The van der Waals surface area contributed by atoms with Crippen molar-refractivity contribution in [3.05, 3.63) is 52.4 Å². The number of thiocarbonyl (C=S) groups is 1. The van der Waals surface area contributed by atoms with Gasteiger partial charge in [0, 0.05) is 18.3 Å². The SMILES string of the molecule is CCOc1ccc(F)c(CCNC(=S)Nc2ccc(C#N)cn2)c1Cl. The van der Waals surface area contributed by atoms with Crippen LogP contribution in [0.5, 0.6) is 5.75 Å². The third-order valence-corrected chi connectivity index (χ3v) is 3.91. The molecule has 8 heteroatoms. The maximum atomic E-state index is 14.0. The summed E-state index contributed by atoms with van der Waals surface area (Å²) in [7, 11) is 0. The maximum absolute atomic E-state index is 14.0. The Morgan fingerprint density at radius 1 is 1.40 bits per heavy atom. The highest BCUT2D eigenvalue weighted by molar-refractivity contribution is 7.80. The number of nitriles is 1. The Labute approximate surface area is 155 Å². The first kappa shape index (κ1) is 18.9. The molecule has 0 aliphatic rings. The second-order valence-electron chi connectivity index (χ2n) is 4.95. The molecule has 0 radical (unpaired) electrons. The van der Waals surface area contributed by atoms with Crippen LogP contribution in [0.2, 0.25) is 5.02 Å². The van der Waals surface area contributed by atoms with Gasteiger partial charge in [-0.25, -0.2) is 9.37 Å². The first-order valence-electron chi connectivity index (χ1n) is 7.55. The van der Waals surface area contributed by atoms with Crippen LogP contribution in [0.4, 0.5) is 10.2 Å².